The molecule has 11 heavy (non-hydrogen) atoms. The summed E-state index contributed by atoms with van der Waals surface area (Å²) in [6.07, 6.45) is 1.43. The lowest BCUT2D eigenvalue weighted by molar-refractivity contribution is -0.137. The normalized spacial score (nSPS) is 9.82. The fourth-order valence-electron chi connectivity index (χ4n) is 0.652. The number of hydrogen-bond acceptors (Lipinski definition) is 4. The number of aryl methyl sites for hydroxylation is 1. The second kappa shape index (κ2) is 3.00. The predicted octanol–water partition coefficient (Wildman–Crippen LogP) is -0.665. The summed E-state index contributed by atoms with van der Waals surface area (Å²) >= 11 is 0. The maximum Gasteiger partial charge on any atom is 0.305 e. The van der Waals surface area contributed by atoms with Gasteiger partial charge in [0.25, 0.3) is 0 Å². The Kier molecular flexibility index (Phi) is 2.05. The zero-order valence-electron chi connectivity index (χ0n) is 5.77. The molecule has 0 bridgehead atoms. The quantitative estimate of drug-likeness (QED) is 0.605. The van der Waals surface area contributed by atoms with Gasteiger partial charge >= 0.3 is 5.97 Å². The summed E-state index contributed by atoms with van der Waals surface area (Å²) < 4.78 is 1.48. The molecule has 0 aliphatic rings. The van der Waals surface area contributed by atoms with Gasteiger partial charge in [-0.25, -0.2) is 0 Å². The molecule has 60 valence electrons. The largest absolute Gasteiger partial charge is 0.481 e. The van der Waals surface area contributed by atoms with E-state index >= 15 is 0 Å². The van der Waals surface area contributed by atoms with Crippen molar-refractivity contribution in [3.63, 3.8) is 0 Å². The third kappa shape index (κ3) is 1.92. The van der Waals surface area contributed by atoms with Crippen molar-refractivity contribution in [3.8, 4) is 0 Å². The van der Waals surface area contributed by atoms with Gasteiger partial charge in [0.1, 0.15) is 6.33 Å². The summed E-state index contributed by atoms with van der Waals surface area (Å²) in [4.78, 5) is 10.1. The third-order valence-electron chi connectivity index (χ3n) is 1.21. The van der Waals surface area contributed by atoms with E-state index in [0.29, 0.717) is 6.54 Å². The van der Waals surface area contributed by atoms with Crippen molar-refractivity contribution in [3.05, 3.63) is 6.33 Å². The van der Waals surface area contributed by atoms with Crippen LogP contribution in [0.1, 0.15) is 6.42 Å². The lowest BCUT2D eigenvalue weighted by Gasteiger charge is -1.98. The fraction of sp³-hybridized carbons (Fsp3) is 0.400. The Labute approximate surface area is 62.6 Å². The molecular weight excluding hydrogens is 148 g/mol. The van der Waals surface area contributed by atoms with Gasteiger partial charge in [-0.1, -0.05) is 0 Å². The molecular formula is C5H8N4O2. The van der Waals surface area contributed by atoms with Gasteiger partial charge in [0, 0.05) is 6.54 Å². The number of carbonyl (C=O) groups is 1. The van der Waals surface area contributed by atoms with Gasteiger partial charge in [0.05, 0.1) is 6.42 Å². The number of carboxylic acids is 1. The molecule has 1 aromatic heterocycles. The Bertz CT molecular complexity index is 257. The first-order chi connectivity index (χ1) is 5.20. The molecule has 0 atom stereocenters. The average molecular weight is 156 g/mol. The van der Waals surface area contributed by atoms with Crippen LogP contribution in [-0.4, -0.2) is 25.8 Å². The van der Waals surface area contributed by atoms with E-state index in [1.165, 1.54) is 10.9 Å². The molecule has 0 radical (unpaired) electrons. The summed E-state index contributed by atoms with van der Waals surface area (Å²) in [6.45, 7) is 0.314. The monoisotopic (exact) mass is 156 g/mol. The molecule has 0 fully saturated rings. The molecule has 3 N–H and O–H groups in total. The number of aromatic nitrogens is 3. The van der Waals surface area contributed by atoms with Crippen LogP contribution in [0.15, 0.2) is 6.33 Å². The zero-order valence-corrected chi connectivity index (χ0v) is 5.77. The first-order valence-electron chi connectivity index (χ1n) is 3.05. The number of nitrogen functional groups attached to an aromatic ring is 1. The molecule has 0 aliphatic heterocycles. The van der Waals surface area contributed by atoms with Crippen molar-refractivity contribution in [1.82, 2.24) is 14.8 Å². The highest BCUT2D eigenvalue weighted by Crippen LogP contribution is 1.96. The molecule has 1 aromatic rings. The first-order valence-corrected chi connectivity index (χ1v) is 3.05. The number of nitrogens with zero attached hydrogens (tertiary/aromatic N) is 3. The van der Waals surface area contributed by atoms with Crippen LogP contribution in [0.4, 0.5) is 5.95 Å². The number of nitrogens with two attached hydrogens (primary N) is 1. The van der Waals surface area contributed by atoms with Crippen molar-refractivity contribution >= 4 is 11.9 Å². The fourth-order valence-corrected chi connectivity index (χ4v) is 0.652. The standard InChI is InChI=1S/C5H8N4O2/c6-5-8-7-3-9(5)2-1-4(10)11/h3H,1-2H2,(H2,6,8)(H,10,11). The molecule has 0 amide bonds. The zero-order chi connectivity index (χ0) is 8.27. The summed E-state index contributed by atoms with van der Waals surface area (Å²) in [5, 5.41) is 15.3. The van der Waals surface area contributed by atoms with Gasteiger partial charge < -0.3 is 10.8 Å². The molecule has 0 aliphatic carbocycles. The minimum atomic E-state index is -0.863. The second-order valence-corrected chi connectivity index (χ2v) is 2.03. The van der Waals surface area contributed by atoms with Crippen LogP contribution in [0.3, 0.4) is 0 Å². The molecule has 1 rings (SSSR count). The second-order valence-electron chi connectivity index (χ2n) is 2.03. The molecule has 6 heteroatoms. The highest BCUT2D eigenvalue weighted by molar-refractivity contribution is 5.66. The number of hydrogen-bond donors (Lipinski definition) is 2. The molecule has 0 saturated heterocycles. The van der Waals surface area contributed by atoms with Crippen LogP contribution >= 0.6 is 0 Å². The Morgan fingerprint density at radius 2 is 2.55 bits per heavy atom. The Morgan fingerprint density at radius 1 is 1.82 bits per heavy atom. The Balaban J connectivity index is 2.51. The van der Waals surface area contributed by atoms with Crippen molar-refractivity contribution in [1.29, 1.82) is 0 Å². The van der Waals surface area contributed by atoms with E-state index in [2.05, 4.69) is 10.2 Å². The van der Waals surface area contributed by atoms with Crippen LogP contribution in [-0.2, 0) is 11.3 Å². The summed E-state index contributed by atoms with van der Waals surface area (Å²) in [6, 6.07) is 0. The highest BCUT2D eigenvalue weighted by atomic mass is 16.4. The van der Waals surface area contributed by atoms with E-state index < -0.39 is 5.97 Å². The van der Waals surface area contributed by atoms with E-state index in [0.717, 1.165) is 0 Å². The Hall–Kier alpha value is -1.59. The van der Waals surface area contributed by atoms with Crippen LogP contribution in [0.5, 0.6) is 0 Å². The smallest absolute Gasteiger partial charge is 0.305 e. The van der Waals surface area contributed by atoms with E-state index in [9.17, 15) is 4.79 Å². The number of aliphatic carboxylic acids is 1. The lowest BCUT2D eigenvalue weighted by atomic mass is 10.4. The van der Waals surface area contributed by atoms with Gasteiger partial charge in [-0.2, -0.15) is 0 Å². The SMILES string of the molecule is Nc1nncn1CCC(=O)O. The van der Waals surface area contributed by atoms with Crippen molar-refractivity contribution < 1.29 is 9.90 Å². The first kappa shape index (κ1) is 7.52. The van der Waals surface area contributed by atoms with Crippen LogP contribution in [0.2, 0.25) is 0 Å². The van der Waals surface area contributed by atoms with E-state index in [4.69, 9.17) is 10.8 Å². The van der Waals surface area contributed by atoms with Gasteiger partial charge in [0.15, 0.2) is 0 Å². The van der Waals surface area contributed by atoms with Gasteiger partial charge in [0.2, 0.25) is 5.95 Å². The van der Waals surface area contributed by atoms with Crippen LogP contribution < -0.4 is 5.73 Å². The number of rotatable bonds is 3. The minimum absolute atomic E-state index is 0.0300. The molecule has 0 unspecified atom stereocenters. The average Bonchev–Trinajstić information content (AvgIpc) is 2.31. The number of carboxylic acid groups (broad SMARTS) is 1. The topological polar surface area (TPSA) is 94.0 Å². The summed E-state index contributed by atoms with van der Waals surface area (Å²) in [5.41, 5.74) is 5.32. The highest BCUT2D eigenvalue weighted by Gasteiger charge is 2.01. The molecule has 0 saturated carbocycles. The predicted molar refractivity (Wildman–Crippen MR) is 36.7 cm³/mol. The van der Waals surface area contributed by atoms with Gasteiger partial charge in [-0.3, -0.25) is 9.36 Å². The van der Waals surface area contributed by atoms with E-state index in [-0.39, 0.29) is 12.4 Å². The van der Waals surface area contributed by atoms with E-state index in [1.807, 2.05) is 0 Å². The van der Waals surface area contributed by atoms with E-state index in [1.54, 1.807) is 0 Å². The third-order valence-corrected chi connectivity index (χ3v) is 1.21. The van der Waals surface area contributed by atoms with Crippen LogP contribution in [0.25, 0.3) is 0 Å². The maximum atomic E-state index is 10.1. The summed E-state index contributed by atoms with van der Waals surface area (Å²) in [7, 11) is 0. The summed E-state index contributed by atoms with van der Waals surface area (Å²) in [5.74, 6) is -0.621. The van der Waals surface area contributed by atoms with Crippen LogP contribution in [0, 0.1) is 0 Å². The van der Waals surface area contributed by atoms with Gasteiger partial charge in [-0.05, 0) is 0 Å². The lowest BCUT2D eigenvalue weighted by Crippen LogP contribution is -2.06. The van der Waals surface area contributed by atoms with Crippen molar-refractivity contribution in [2.75, 3.05) is 5.73 Å². The molecule has 0 spiro atoms. The minimum Gasteiger partial charge on any atom is -0.481 e. The van der Waals surface area contributed by atoms with Crippen molar-refractivity contribution in [2.24, 2.45) is 0 Å². The Morgan fingerprint density at radius 3 is 3.00 bits per heavy atom. The molecule has 6 nitrogen and oxygen atoms in total. The molecule has 0 aromatic carbocycles. The van der Waals surface area contributed by atoms with Crippen molar-refractivity contribution in [2.45, 2.75) is 13.0 Å². The van der Waals surface area contributed by atoms with Gasteiger partial charge in [-0.15, -0.1) is 10.2 Å². The number of anilines is 1. The molecule has 1 heterocycles. The maximum absolute atomic E-state index is 10.1.